The number of non-ortho nitro benzene ring substituents is 1. The maximum absolute atomic E-state index is 11.0. The van der Waals surface area contributed by atoms with E-state index >= 15 is 0 Å². The van der Waals surface area contributed by atoms with Crippen molar-refractivity contribution in [3.05, 3.63) is 74.1 Å². The zero-order chi connectivity index (χ0) is 14.7. The fraction of sp³-hybridized carbons (Fsp3) is 0.0833. The Hall–Kier alpha value is -2.87. The molecule has 102 valence electrons. The lowest BCUT2D eigenvalue weighted by molar-refractivity contribution is -0.394. The summed E-state index contributed by atoms with van der Waals surface area (Å²) < 4.78 is 0. The van der Waals surface area contributed by atoms with Gasteiger partial charge in [-0.05, 0) is 18.2 Å². The SMILES string of the molecule is O=[N+]([O-])c1ccc(C(O)c2ccccn2)c([N+](=O)[O-])c1. The smallest absolute Gasteiger partial charge is 0.282 e. The summed E-state index contributed by atoms with van der Waals surface area (Å²) in [5, 5.41) is 31.7. The Kier molecular flexibility index (Phi) is 3.67. The quantitative estimate of drug-likeness (QED) is 0.672. The Labute approximate surface area is 112 Å². The van der Waals surface area contributed by atoms with E-state index in [-0.39, 0.29) is 11.3 Å². The first kappa shape index (κ1) is 13.6. The maximum atomic E-state index is 11.0. The summed E-state index contributed by atoms with van der Waals surface area (Å²) in [7, 11) is 0. The molecule has 1 aromatic carbocycles. The van der Waals surface area contributed by atoms with Crippen molar-refractivity contribution in [1.29, 1.82) is 0 Å². The Morgan fingerprint density at radius 3 is 2.40 bits per heavy atom. The molecular weight excluding hydrogens is 266 g/mol. The minimum absolute atomic E-state index is 0.0423. The van der Waals surface area contributed by atoms with Gasteiger partial charge in [0.1, 0.15) is 6.10 Å². The molecule has 0 saturated carbocycles. The number of hydrogen-bond acceptors (Lipinski definition) is 6. The summed E-state index contributed by atoms with van der Waals surface area (Å²) in [5.74, 6) is 0. The summed E-state index contributed by atoms with van der Waals surface area (Å²) in [5.41, 5.74) is -0.741. The number of hydrogen-bond donors (Lipinski definition) is 1. The first-order valence-electron chi connectivity index (χ1n) is 5.52. The van der Waals surface area contributed by atoms with Gasteiger partial charge in [0.2, 0.25) is 0 Å². The molecule has 0 saturated heterocycles. The van der Waals surface area contributed by atoms with Gasteiger partial charge in [0.15, 0.2) is 0 Å². The highest BCUT2D eigenvalue weighted by atomic mass is 16.6. The van der Waals surface area contributed by atoms with Crippen LogP contribution in [0.3, 0.4) is 0 Å². The number of rotatable bonds is 4. The van der Waals surface area contributed by atoms with Crippen LogP contribution in [0.15, 0.2) is 42.6 Å². The maximum Gasteiger partial charge on any atom is 0.282 e. The highest BCUT2D eigenvalue weighted by Crippen LogP contribution is 2.31. The van der Waals surface area contributed by atoms with Gasteiger partial charge in [-0.3, -0.25) is 25.2 Å². The zero-order valence-electron chi connectivity index (χ0n) is 10.0. The number of benzene rings is 1. The second-order valence-electron chi connectivity index (χ2n) is 3.91. The molecule has 1 heterocycles. The van der Waals surface area contributed by atoms with Crippen LogP contribution in [0.5, 0.6) is 0 Å². The van der Waals surface area contributed by atoms with Crippen LogP contribution in [0, 0.1) is 20.2 Å². The highest BCUT2D eigenvalue weighted by Gasteiger charge is 2.25. The van der Waals surface area contributed by atoms with E-state index in [1.54, 1.807) is 12.1 Å². The minimum Gasteiger partial charge on any atom is -0.382 e. The summed E-state index contributed by atoms with van der Waals surface area (Å²) in [6.07, 6.45) is 0.118. The van der Waals surface area contributed by atoms with Gasteiger partial charge >= 0.3 is 0 Å². The van der Waals surface area contributed by atoms with E-state index in [0.717, 1.165) is 18.2 Å². The van der Waals surface area contributed by atoms with Crippen molar-refractivity contribution in [2.75, 3.05) is 0 Å². The molecule has 0 fully saturated rings. The van der Waals surface area contributed by atoms with Crippen molar-refractivity contribution in [3.8, 4) is 0 Å². The van der Waals surface area contributed by atoms with Gasteiger partial charge in [-0.25, -0.2) is 0 Å². The third-order valence-electron chi connectivity index (χ3n) is 2.68. The minimum atomic E-state index is -1.32. The predicted octanol–water partition coefficient (Wildman–Crippen LogP) is 1.98. The van der Waals surface area contributed by atoms with Crippen LogP contribution >= 0.6 is 0 Å². The lowest BCUT2D eigenvalue weighted by atomic mass is 10.0. The van der Waals surface area contributed by atoms with Gasteiger partial charge in [0.05, 0.1) is 27.2 Å². The fourth-order valence-corrected chi connectivity index (χ4v) is 1.73. The number of pyridine rings is 1. The number of aliphatic hydroxyl groups is 1. The van der Waals surface area contributed by atoms with Gasteiger partial charge < -0.3 is 5.11 Å². The first-order valence-corrected chi connectivity index (χ1v) is 5.52. The Balaban J connectivity index is 2.51. The molecule has 0 aliphatic carbocycles. The molecule has 0 radical (unpaired) electrons. The molecule has 0 aliphatic rings. The lowest BCUT2D eigenvalue weighted by Crippen LogP contribution is -2.06. The van der Waals surface area contributed by atoms with Crippen molar-refractivity contribution in [3.63, 3.8) is 0 Å². The van der Waals surface area contributed by atoms with Crippen molar-refractivity contribution in [2.45, 2.75) is 6.10 Å². The van der Waals surface area contributed by atoms with Crippen LogP contribution in [-0.4, -0.2) is 19.9 Å². The van der Waals surface area contributed by atoms with Gasteiger partial charge in [0.25, 0.3) is 11.4 Å². The summed E-state index contributed by atoms with van der Waals surface area (Å²) >= 11 is 0. The fourth-order valence-electron chi connectivity index (χ4n) is 1.73. The molecular formula is C12H9N3O5. The van der Waals surface area contributed by atoms with Crippen LogP contribution in [0.2, 0.25) is 0 Å². The third-order valence-corrected chi connectivity index (χ3v) is 2.68. The van der Waals surface area contributed by atoms with E-state index in [2.05, 4.69) is 4.98 Å². The van der Waals surface area contributed by atoms with Crippen LogP contribution in [0.4, 0.5) is 11.4 Å². The van der Waals surface area contributed by atoms with Crippen molar-refractivity contribution in [2.24, 2.45) is 0 Å². The van der Waals surface area contributed by atoms with Gasteiger partial charge in [-0.2, -0.15) is 0 Å². The zero-order valence-corrected chi connectivity index (χ0v) is 10.0. The molecule has 0 amide bonds. The monoisotopic (exact) mass is 275 g/mol. The van der Waals surface area contributed by atoms with E-state index in [9.17, 15) is 25.3 Å². The van der Waals surface area contributed by atoms with Gasteiger partial charge in [-0.1, -0.05) is 6.07 Å². The molecule has 2 rings (SSSR count). The molecule has 8 heteroatoms. The number of nitro groups is 2. The average molecular weight is 275 g/mol. The van der Waals surface area contributed by atoms with Crippen LogP contribution in [-0.2, 0) is 0 Å². The Morgan fingerprint density at radius 2 is 1.85 bits per heavy atom. The van der Waals surface area contributed by atoms with Crippen LogP contribution in [0.25, 0.3) is 0 Å². The average Bonchev–Trinajstić information content (AvgIpc) is 2.46. The van der Waals surface area contributed by atoms with Crippen molar-refractivity contribution < 1.29 is 15.0 Å². The molecule has 1 atom stereocenters. The predicted molar refractivity (Wildman–Crippen MR) is 68.0 cm³/mol. The molecule has 2 aromatic rings. The molecule has 0 spiro atoms. The number of aromatic nitrogens is 1. The Morgan fingerprint density at radius 1 is 1.10 bits per heavy atom. The molecule has 20 heavy (non-hydrogen) atoms. The summed E-state index contributed by atoms with van der Waals surface area (Å²) in [6, 6.07) is 7.87. The topological polar surface area (TPSA) is 119 Å². The lowest BCUT2D eigenvalue weighted by Gasteiger charge is -2.10. The number of aliphatic hydroxyl groups excluding tert-OH is 1. The molecule has 1 N–H and O–H groups in total. The van der Waals surface area contributed by atoms with Gasteiger partial charge in [0, 0.05) is 12.3 Å². The van der Waals surface area contributed by atoms with E-state index in [1.807, 2.05) is 0 Å². The van der Waals surface area contributed by atoms with Crippen molar-refractivity contribution >= 4 is 11.4 Å². The number of nitrogens with zero attached hydrogens (tertiary/aromatic N) is 3. The normalized spacial score (nSPS) is 11.8. The number of nitro benzene ring substituents is 2. The standard InChI is InChI=1S/C12H9N3O5/c16-12(10-3-1-2-6-13-10)9-5-4-8(14(17)18)7-11(9)15(19)20/h1-7,12,16H. The molecule has 0 bridgehead atoms. The van der Waals surface area contributed by atoms with Gasteiger partial charge in [-0.15, -0.1) is 0 Å². The summed E-state index contributed by atoms with van der Waals surface area (Å²) in [6.45, 7) is 0. The summed E-state index contributed by atoms with van der Waals surface area (Å²) in [4.78, 5) is 24.0. The molecule has 8 nitrogen and oxygen atoms in total. The van der Waals surface area contributed by atoms with E-state index in [0.29, 0.717) is 0 Å². The van der Waals surface area contributed by atoms with E-state index in [4.69, 9.17) is 0 Å². The highest BCUT2D eigenvalue weighted by molar-refractivity contribution is 5.51. The van der Waals surface area contributed by atoms with Crippen LogP contribution in [0.1, 0.15) is 17.4 Å². The molecule has 0 aliphatic heterocycles. The molecule has 1 unspecified atom stereocenters. The second kappa shape index (κ2) is 5.41. The van der Waals surface area contributed by atoms with Crippen LogP contribution < -0.4 is 0 Å². The third kappa shape index (κ3) is 2.59. The van der Waals surface area contributed by atoms with E-state index in [1.165, 1.54) is 12.3 Å². The van der Waals surface area contributed by atoms with Crippen molar-refractivity contribution in [1.82, 2.24) is 4.98 Å². The molecule has 1 aromatic heterocycles. The Bertz CT molecular complexity index is 659. The second-order valence-corrected chi connectivity index (χ2v) is 3.91. The largest absolute Gasteiger partial charge is 0.382 e. The van der Waals surface area contributed by atoms with E-state index < -0.39 is 27.3 Å². The first-order chi connectivity index (χ1) is 9.50.